The lowest BCUT2D eigenvalue weighted by Crippen LogP contribution is -2.23. The molecule has 0 spiro atoms. The fraction of sp³-hybridized carbons (Fsp3) is 0.250. The van der Waals surface area contributed by atoms with Crippen LogP contribution in [0.15, 0.2) is 54.7 Å². The molecule has 0 unspecified atom stereocenters. The van der Waals surface area contributed by atoms with E-state index in [-0.39, 0.29) is 24.4 Å². The van der Waals surface area contributed by atoms with Crippen molar-refractivity contribution in [2.24, 2.45) is 0 Å². The van der Waals surface area contributed by atoms with Crippen LogP contribution in [0.25, 0.3) is 11.1 Å². The van der Waals surface area contributed by atoms with E-state index >= 15 is 0 Å². The maximum Gasteiger partial charge on any atom is 0.487 e. The van der Waals surface area contributed by atoms with E-state index in [1.54, 1.807) is 24.0 Å². The Balaban J connectivity index is 1.64. The van der Waals surface area contributed by atoms with Crippen molar-refractivity contribution in [3.63, 3.8) is 0 Å². The lowest BCUT2D eigenvalue weighted by atomic mass is 9.99. The molecule has 2 atom stereocenters. The summed E-state index contributed by atoms with van der Waals surface area (Å²) in [7, 11) is 0. The van der Waals surface area contributed by atoms with Crippen LogP contribution < -0.4 is 15.0 Å². The Kier molecular flexibility index (Phi) is 6.88. The Hall–Kier alpha value is -3.34. The number of alkyl halides is 3. The molecule has 1 saturated heterocycles. The number of aryl methyl sites for hydroxylation is 1. The number of nitrogens with one attached hydrogen (secondary N) is 1. The first-order chi connectivity index (χ1) is 16.5. The predicted molar refractivity (Wildman–Crippen MR) is 124 cm³/mol. The topological polar surface area (TPSA) is 94.9 Å². The molecule has 7 nitrogen and oxygen atoms in total. The van der Waals surface area contributed by atoms with E-state index in [9.17, 15) is 28.2 Å². The van der Waals surface area contributed by atoms with Crippen molar-refractivity contribution in [1.29, 1.82) is 0 Å². The van der Waals surface area contributed by atoms with Gasteiger partial charge in [-0.15, -0.1) is 8.78 Å². The van der Waals surface area contributed by atoms with Crippen LogP contribution in [0.2, 0.25) is 0 Å². The van der Waals surface area contributed by atoms with Gasteiger partial charge in [-0.2, -0.15) is 0 Å². The molecule has 184 valence electrons. The molecule has 2 aromatic carbocycles. The van der Waals surface area contributed by atoms with Crippen LogP contribution in [0.5, 0.6) is 5.75 Å². The minimum atomic E-state index is -3.86. The number of nitrogens with zero attached hydrogens (tertiary/aromatic N) is 2. The minimum absolute atomic E-state index is 0.122. The molecule has 0 radical (unpaired) electrons. The Morgan fingerprint density at radius 2 is 1.77 bits per heavy atom. The van der Waals surface area contributed by atoms with Gasteiger partial charge < -0.3 is 25.2 Å². The standard InChI is InChI=1S/C24H21ClF3N3O4/c1-13-2-3-15(26)9-18(13)19-8-14(10-29-22(19)31-11-20(32)21(33)12-31)23(34)30-16-4-6-17(7-5-16)35-24(25,27)28/h2-10,20-21,32-33H,11-12H2,1H3,(H,30,34)/t20-,21-/m0/s1. The lowest BCUT2D eigenvalue weighted by Gasteiger charge is -2.22. The number of amides is 1. The molecule has 4 rings (SSSR count). The van der Waals surface area contributed by atoms with Crippen molar-refractivity contribution >= 4 is 29.0 Å². The summed E-state index contributed by atoms with van der Waals surface area (Å²) < 4.78 is 43.9. The summed E-state index contributed by atoms with van der Waals surface area (Å²) in [5, 5.41) is 22.6. The van der Waals surface area contributed by atoms with Crippen LogP contribution in [0, 0.1) is 12.7 Å². The number of hydrogen-bond donors (Lipinski definition) is 3. The zero-order valence-corrected chi connectivity index (χ0v) is 19.1. The zero-order chi connectivity index (χ0) is 25.3. The fourth-order valence-corrected chi connectivity index (χ4v) is 3.89. The third-order valence-electron chi connectivity index (χ3n) is 5.52. The minimum Gasteiger partial charge on any atom is -0.420 e. The van der Waals surface area contributed by atoms with Gasteiger partial charge in [0.25, 0.3) is 5.91 Å². The molecule has 1 aliphatic heterocycles. The lowest BCUT2D eigenvalue weighted by molar-refractivity contribution is -0.0964. The molecule has 2 heterocycles. The maximum atomic E-state index is 14.1. The number of rotatable bonds is 6. The number of carbonyl (C=O) groups is 1. The number of aliphatic hydroxyl groups is 2. The number of benzene rings is 2. The van der Waals surface area contributed by atoms with Gasteiger partial charge in [-0.3, -0.25) is 4.79 Å². The number of aromatic nitrogens is 1. The Morgan fingerprint density at radius 1 is 1.11 bits per heavy atom. The number of carbonyl (C=O) groups excluding carboxylic acids is 1. The number of ether oxygens (including phenoxy) is 1. The highest BCUT2D eigenvalue weighted by molar-refractivity contribution is 6.20. The summed E-state index contributed by atoms with van der Waals surface area (Å²) in [6.07, 6.45) is -0.607. The molecule has 3 N–H and O–H groups in total. The van der Waals surface area contributed by atoms with Gasteiger partial charge in [0.15, 0.2) is 0 Å². The van der Waals surface area contributed by atoms with E-state index in [1.165, 1.54) is 42.6 Å². The smallest absolute Gasteiger partial charge is 0.420 e. The molecule has 3 aromatic rings. The van der Waals surface area contributed by atoms with E-state index < -0.39 is 29.5 Å². The van der Waals surface area contributed by atoms with Gasteiger partial charge in [-0.1, -0.05) is 6.07 Å². The third kappa shape index (κ3) is 5.84. The van der Waals surface area contributed by atoms with Gasteiger partial charge in [-0.25, -0.2) is 9.37 Å². The molecule has 1 aliphatic rings. The first-order valence-corrected chi connectivity index (χ1v) is 10.9. The van der Waals surface area contributed by atoms with Gasteiger partial charge in [0.05, 0.1) is 17.8 Å². The normalized spacial score (nSPS) is 18.0. The molecule has 0 aliphatic carbocycles. The molecule has 0 bridgehead atoms. The van der Waals surface area contributed by atoms with Gasteiger partial charge in [0, 0.05) is 42.1 Å². The molecule has 35 heavy (non-hydrogen) atoms. The summed E-state index contributed by atoms with van der Waals surface area (Å²) in [6, 6.07) is 11.0. The summed E-state index contributed by atoms with van der Waals surface area (Å²) in [5.41, 5.74) is -1.71. The van der Waals surface area contributed by atoms with Crippen LogP contribution in [-0.4, -0.2) is 52.0 Å². The highest BCUT2D eigenvalue weighted by atomic mass is 35.5. The van der Waals surface area contributed by atoms with Crippen LogP contribution in [0.4, 0.5) is 24.7 Å². The van der Waals surface area contributed by atoms with Crippen molar-refractivity contribution in [2.75, 3.05) is 23.3 Å². The molecular formula is C24H21ClF3N3O4. The number of hydrogen-bond acceptors (Lipinski definition) is 6. The van der Waals surface area contributed by atoms with E-state index in [1.807, 2.05) is 0 Å². The van der Waals surface area contributed by atoms with Crippen LogP contribution in [0.3, 0.4) is 0 Å². The first-order valence-electron chi connectivity index (χ1n) is 10.5. The number of β-amino-alcohol motifs (C(OH)–C–C–N with tert-alkyl or cyclic N) is 2. The van der Waals surface area contributed by atoms with Crippen LogP contribution in [-0.2, 0) is 0 Å². The van der Waals surface area contributed by atoms with Gasteiger partial charge >= 0.3 is 5.57 Å². The zero-order valence-electron chi connectivity index (χ0n) is 18.4. The highest BCUT2D eigenvalue weighted by Gasteiger charge is 2.32. The predicted octanol–water partition coefficient (Wildman–Crippen LogP) is 4.16. The summed E-state index contributed by atoms with van der Waals surface area (Å²) in [6.45, 7) is 2.03. The number of pyridine rings is 1. The van der Waals surface area contributed by atoms with E-state index in [4.69, 9.17) is 11.6 Å². The second-order valence-corrected chi connectivity index (χ2v) is 8.56. The molecule has 1 fully saturated rings. The average molecular weight is 508 g/mol. The molecule has 1 aromatic heterocycles. The second kappa shape index (κ2) is 9.73. The van der Waals surface area contributed by atoms with Gasteiger partial charge in [0.1, 0.15) is 17.4 Å². The van der Waals surface area contributed by atoms with Crippen molar-refractivity contribution in [3.05, 3.63) is 71.7 Å². The van der Waals surface area contributed by atoms with Crippen LogP contribution in [0.1, 0.15) is 15.9 Å². The Morgan fingerprint density at radius 3 is 2.40 bits per heavy atom. The van der Waals surface area contributed by atoms with Gasteiger partial charge in [0.2, 0.25) is 0 Å². The Bertz CT molecular complexity index is 1230. The van der Waals surface area contributed by atoms with E-state index in [2.05, 4.69) is 15.0 Å². The van der Waals surface area contributed by atoms with Crippen molar-refractivity contribution in [2.45, 2.75) is 24.7 Å². The molecule has 0 saturated carbocycles. The second-order valence-electron chi connectivity index (χ2n) is 8.12. The largest absolute Gasteiger partial charge is 0.487 e. The van der Waals surface area contributed by atoms with Crippen LogP contribution >= 0.6 is 11.6 Å². The van der Waals surface area contributed by atoms with E-state index in [0.29, 0.717) is 22.6 Å². The first kappa shape index (κ1) is 24.8. The SMILES string of the molecule is Cc1ccc(F)cc1-c1cc(C(=O)Nc2ccc(OC(F)(F)Cl)cc2)cnc1N1C[C@H](O)[C@@H](O)C1. The van der Waals surface area contributed by atoms with Crippen molar-refractivity contribution < 1.29 is 32.9 Å². The van der Waals surface area contributed by atoms with Crippen molar-refractivity contribution in [3.8, 4) is 16.9 Å². The van der Waals surface area contributed by atoms with Crippen molar-refractivity contribution in [1.82, 2.24) is 4.98 Å². The summed E-state index contributed by atoms with van der Waals surface area (Å²) in [5.74, 6) is -0.822. The van der Waals surface area contributed by atoms with E-state index in [0.717, 1.165) is 5.56 Å². The summed E-state index contributed by atoms with van der Waals surface area (Å²) >= 11 is 4.75. The average Bonchev–Trinajstić information content (AvgIpc) is 3.13. The highest BCUT2D eigenvalue weighted by Crippen LogP contribution is 2.35. The monoisotopic (exact) mass is 507 g/mol. The quantitative estimate of drug-likeness (QED) is 0.434. The Labute approximate surface area is 203 Å². The maximum absolute atomic E-state index is 14.1. The summed E-state index contributed by atoms with van der Waals surface area (Å²) in [4.78, 5) is 19.0. The number of aliphatic hydroxyl groups excluding tert-OH is 2. The third-order valence-corrected chi connectivity index (χ3v) is 5.60. The number of halogens is 4. The number of anilines is 2. The molecular weight excluding hydrogens is 487 g/mol. The molecule has 11 heteroatoms. The van der Waals surface area contributed by atoms with Gasteiger partial charge in [-0.05, 0) is 60.5 Å². The molecule has 1 amide bonds. The fourth-order valence-electron chi connectivity index (χ4n) is 3.80.